The molecule has 0 spiro atoms. The molecule has 1 fully saturated rings. The average molecular weight is 505 g/mol. The summed E-state index contributed by atoms with van der Waals surface area (Å²) in [7, 11) is 5.63. The van der Waals surface area contributed by atoms with E-state index in [9.17, 15) is 0 Å². The largest absolute Gasteiger partial charge is 0.493 e. The first-order valence-electron chi connectivity index (χ1n) is 9.70. The van der Waals surface area contributed by atoms with Gasteiger partial charge in [0.25, 0.3) is 0 Å². The van der Waals surface area contributed by atoms with Crippen molar-refractivity contribution in [2.75, 3.05) is 60.5 Å². The van der Waals surface area contributed by atoms with Crippen LogP contribution in [0.5, 0.6) is 11.5 Å². The van der Waals surface area contributed by atoms with E-state index >= 15 is 0 Å². The van der Waals surface area contributed by atoms with Gasteiger partial charge in [0.2, 0.25) is 0 Å². The summed E-state index contributed by atoms with van der Waals surface area (Å²) in [5.74, 6) is 2.29. The monoisotopic (exact) mass is 505 g/mol. The van der Waals surface area contributed by atoms with Gasteiger partial charge in [-0.2, -0.15) is 0 Å². The third kappa shape index (κ3) is 8.00. The van der Waals surface area contributed by atoms with Crippen LogP contribution in [0.25, 0.3) is 0 Å². The van der Waals surface area contributed by atoms with Gasteiger partial charge in [-0.15, -0.1) is 24.0 Å². The minimum absolute atomic E-state index is 0. The highest BCUT2D eigenvalue weighted by Crippen LogP contribution is 2.26. The number of likely N-dealkylation sites (N-methyl/N-ethyl adjacent to an activating group) is 1. The van der Waals surface area contributed by atoms with Gasteiger partial charge in [0, 0.05) is 45.8 Å². The van der Waals surface area contributed by atoms with Crippen LogP contribution in [0.4, 0.5) is 0 Å². The molecule has 0 aromatic heterocycles. The van der Waals surface area contributed by atoms with Crippen molar-refractivity contribution in [3.8, 4) is 11.5 Å². The number of hydrogen-bond donors (Lipinski definition) is 2. The van der Waals surface area contributed by atoms with Crippen LogP contribution < -0.4 is 20.1 Å². The van der Waals surface area contributed by atoms with Crippen molar-refractivity contribution in [2.45, 2.75) is 26.0 Å². The van der Waals surface area contributed by atoms with Crippen molar-refractivity contribution in [2.24, 2.45) is 4.99 Å². The number of para-hydroxylation sites is 2. The molecule has 1 aliphatic heterocycles. The lowest BCUT2D eigenvalue weighted by atomic mass is 10.2. The molecule has 8 heteroatoms. The van der Waals surface area contributed by atoms with E-state index in [0.717, 1.165) is 50.2 Å². The van der Waals surface area contributed by atoms with Crippen LogP contribution >= 0.6 is 24.0 Å². The predicted molar refractivity (Wildman–Crippen MR) is 126 cm³/mol. The summed E-state index contributed by atoms with van der Waals surface area (Å²) in [5, 5.41) is 6.76. The SMILES string of the molecule is CN=C(NCC(C)Oc1ccccc1OC)NCC(C)N1CCN(C)CC1.I. The maximum atomic E-state index is 5.98. The second-order valence-corrected chi connectivity index (χ2v) is 7.10. The second kappa shape index (κ2) is 13.1. The Morgan fingerprint density at radius 1 is 1.07 bits per heavy atom. The van der Waals surface area contributed by atoms with Gasteiger partial charge in [0.05, 0.1) is 13.7 Å². The zero-order valence-corrected chi connectivity index (χ0v) is 20.1. The lowest BCUT2D eigenvalue weighted by molar-refractivity contribution is 0.120. The maximum absolute atomic E-state index is 5.98. The molecule has 0 radical (unpaired) electrons. The molecule has 0 saturated carbocycles. The van der Waals surface area contributed by atoms with Gasteiger partial charge < -0.3 is 25.0 Å². The van der Waals surface area contributed by atoms with Crippen molar-refractivity contribution in [1.29, 1.82) is 0 Å². The molecule has 1 heterocycles. The first kappa shape index (κ1) is 24.8. The first-order chi connectivity index (χ1) is 13.0. The molecule has 1 saturated heterocycles. The molecule has 0 aliphatic carbocycles. The van der Waals surface area contributed by atoms with E-state index in [2.05, 4.69) is 39.4 Å². The van der Waals surface area contributed by atoms with Crippen molar-refractivity contribution in [3.63, 3.8) is 0 Å². The predicted octanol–water partition coefficient (Wildman–Crippen LogP) is 1.88. The molecule has 1 aromatic carbocycles. The Kier molecular flexibility index (Phi) is 11.6. The van der Waals surface area contributed by atoms with Gasteiger partial charge in [0.1, 0.15) is 6.10 Å². The highest BCUT2D eigenvalue weighted by Gasteiger charge is 2.19. The zero-order valence-electron chi connectivity index (χ0n) is 17.8. The van der Waals surface area contributed by atoms with Crippen LogP contribution in [0, 0.1) is 0 Å². The summed E-state index contributed by atoms with van der Waals surface area (Å²) in [6, 6.07) is 8.16. The van der Waals surface area contributed by atoms with Crippen LogP contribution in [-0.2, 0) is 0 Å². The van der Waals surface area contributed by atoms with Gasteiger partial charge in [-0.05, 0) is 33.0 Å². The Bertz CT molecular complexity index is 594. The lowest BCUT2D eigenvalue weighted by Gasteiger charge is -2.36. The summed E-state index contributed by atoms with van der Waals surface area (Å²) in [4.78, 5) is 9.21. The lowest BCUT2D eigenvalue weighted by Crippen LogP contribution is -2.52. The summed E-state index contributed by atoms with van der Waals surface area (Å²) >= 11 is 0. The molecular formula is C20H36IN5O2. The summed E-state index contributed by atoms with van der Waals surface area (Å²) in [6.45, 7) is 10.3. The number of nitrogens with zero attached hydrogens (tertiary/aromatic N) is 3. The summed E-state index contributed by atoms with van der Waals surface area (Å²) in [6.07, 6.45) is -0.0186. The van der Waals surface area contributed by atoms with Crippen molar-refractivity contribution >= 4 is 29.9 Å². The number of benzene rings is 1. The van der Waals surface area contributed by atoms with E-state index < -0.39 is 0 Å². The van der Waals surface area contributed by atoms with Crippen LogP contribution in [-0.4, -0.2) is 88.4 Å². The molecular weight excluding hydrogens is 469 g/mol. The molecule has 2 N–H and O–H groups in total. The molecule has 160 valence electrons. The molecule has 0 amide bonds. The molecule has 2 unspecified atom stereocenters. The normalized spacial score (nSPS) is 18.0. The number of halogens is 1. The number of ether oxygens (including phenoxy) is 2. The number of rotatable bonds is 8. The highest BCUT2D eigenvalue weighted by molar-refractivity contribution is 14.0. The molecule has 2 rings (SSSR count). The molecule has 2 atom stereocenters. The van der Waals surface area contributed by atoms with Crippen LogP contribution in [0.3, 0.4) is 0 Å². The number of piperazine rings is 1. The number of guanidine groups is 1. The molecule has 0 bridgehead atoms. The Labute approximate surface area is 186 Å². The molecule has 7 nitrogen and oxygen atoms in total. The zero-order chi connectivity index (χ0) is 19.6. The van der Waals surface area contributed by atoms with Gasteiger partial charge in [-0.1, -0.05) is 12.1 Å². The number of nitrogens with one attached hydrogen (secondary N) is 2. The van der Waals surface area contributed by atoms with E-state index in [0.29, 0.717) is 12.6 Å². The second-order valence-electron chi connectivity index (χ2n) is 7.10. The Balaban J connectivity index is 0.00000392. The van der Waals surface area contributed by atoms with E-state index in [1.54, 1.807) is 14.2 Å². The molecule has 1 aliphatic rings. The van der Waals surface area contributed by atoms with Crippen molar-refractivity contribution in [3.05, 3.63) is 24.3 Å². The topological polar surface area (TPSA) is 61.4 Å². The number of hydrogen-bond acceptors (Lipinski definition) is 5. The van der Waals surface area contributed by atoms with Crippen molar-refractivity contribution in [1.82, 2.24) is 20.4 Å². The van der Waals surface area contributed by atoms with Crippen molar-refractivity contribution < 1.29 is 9.47 Å². The Morgan fingerprint density at radius 3 is 2.29 bits per heavy atom. The Hall–Kier alpha value is -1.26. The minimum atomic E-state index is -0.0186. The van der Waals surface area contributed by atoms with Gasteiger partial charge >= 0.3 is 0 Å². The molecule has 1 aromatic rings. The maximum Gasteiger partial charge on any atom is 0.191 e. The van der Waals surface area contributed by atoms with Crippen LogP contribution in [0.15, 0.2) is 29.3 Å². The third-order valence-corrected chi connectivity index (χ3v) is 4.90. The quantitative estimate of drug-likeness (QED) is 0.320. The van der Waals surface area contributed by atoms with Gasteiger partial charge in [-0.3, -0.25) is 9.89 Å². The van der Waals surface area contributed by atoms with E-state index in [1.807, 2.05) is 31.2 Å². The van der Waals surface area contributed by atoms with E-state index in [-0.39, 0.29) is 30.1 Å². The van der Waals surface area contributed by atoms with Crippen LogP contribution in [0.2, 0.25) is 0 Å². The summed E-state index contributed by atoms with van der Waals surface area (Å²) in [5.41, 5.74) is 0. The summed E-state index contributed by atoms with van der Waals surface area (Å²) < 4.78 is 11.3. The highest BCUT2D eigenvalue weighted by atomic mass is 127. The smallest absolute Gasteiger partial charge is 0.191 e. The van der Waals surface area contributed by atoms with E-state index in [1.165, 1.54) is 0 Å². The fourth-order valence-corrected chi connectivity index (χ4v) is 3.07. The number of methoxy groups -OCH3 is 1. The Morgan fingerprint density at radius 2 is 1.68 bits per heavy atom. The minimum Gasteiger partial charge on any atom is -0.493 e. The van der Waals surface area contributed by atoms with E-state index in [4.69, 9.17) is 9.47 Å². The average Bonchev–Trinajstić information content (AvgIpc) is 2.68. The van der Waals surface area contributed by atoms with Gasteiger partial charge in [-0.25, -0.2) is 0 Å². The van der Waals surface area contributed by atoms with Gasteiger partial charge in [0.15, 0.2) is 17.5 Å². The first-order valence-corrected chi connectivity index (χ1v) is 9.70. The fourth-order valence-electron chi connectivity index (χ4n) is 3.07. The number of aliphatic imine (C=N–C) groups is 1. The standard InChI is InChI=1S/C20H35N5O2.HI/c1-16(25-12-10-24(4)11-13-25)14-22-20(21-3)23-15-17(2)27-19-9-7-6-8-18(19)26-5;/h6-9,16-17H,10-15H2,1-5H3,(H2,21,22,23);1H. The molecule has 28 heavy (non-hydrogen) atoms. The van der Waals surface area contributed by atoms with Crippen LogP contribution in [0.1, 0.15) is 13.8 Å². The fraction of sp³-hybridized carbons (Fsp3) is 0.650. The third-order valence-electron chi connectivity index (χ3n) is 4.90.